The smallest absolute Gasteiger partial charge is 0.243 e. The van der Waals surface area contributed by atoms with Crippen LogP contribution < -0.4 is 0 Å². The SMILES string of the molecule is O=S(=O)(c1cc(F)cc(F)c1)N1CCN(CCn2ccnc2-c2ccccc2)CC1. The molecule has 6 nitrogen and oxygen atoms in total. The van der Waals surface area contributed by atoms with Gasteiger partial charge in [0, 0.05) is 63.3 Å². The maximum Gasteiger partial charge on any atom is 0.243 e. The van der Waals surface area contributed by atoms with Gasteiger partial charge in [0.15, 0.2) is 0 Å². The van der Waals surface area contributed by atoms with Gasteiger partial charge >= 0.3 is 0 Å². The lowest BCUT2D eigenvalue weighted by Crippen LogP contribution is -2.49. The van der Waals surface area contributed by atoms with Gasteiger partial charge in [-0.2, -0.15) is 4.31 Å². The number of halogens is 2. The minimum atomic E-state index is -3.92. The summed E-state index contributed by atoms with van der Waals surface area (Å²) in [6, 6.07) is 12.3. The summed E-state index contributed by atoms with van der Waals surface area (Å²) in [5.41, 5.74) is 1.04. The Hall–Kier alpha value is -2.62. The normalized spacial score (nSPS) is 16.1. The van der Waals surface area contributed by atoms with Gasteiger partial charge in [0.25, 0.3) is 0 Å². The molecule has 158 valence electrons. The molecule has 4 rings (SSSR count). The number of imidazole rings is 1. The van der Waals surface area contributed by atoms with E-state index in [-0.39, 0.29) is 18.0 Å². The molecular weight excluding hydrogens is 410 g/mol. The lowest BCUT2D eigenvalue weighted by Gasteiger charge is -2.34. The molecule has 1 aliphatic heterocycles. The average Bonchev–Trinajstić information content (AvgIpc) is 3.21. The Morgan fingerprint density at radius 2 is 1.57 bits per heavy atom. The summed E-state index contributed by atoms with van der Waals surface area (Å²) in [6.07, 6.45) is 3.70. The van der Waals surface area contributed by atoms with E-state index in [9.17, 15) is 17.2 Å². The first-order chi connectivity index (χ1) is 14.4. The number of sulfonamides is 1. The van der Waals surface area contributed by atoms with E-state index in [0.717, 1.165) is 36.6 Å². The van der Waals surface area contributed by atoms with Crippen LogP contribution in [0.15, 0.2) is 65.8 Å². The van der Waals surface area contributed by atoms with Gasteiger partial charge in [-0.1, -0.05) is 30.3 Å². The molecule has 0 saturated carbocycles. The molecule has 1 saturated heterocycles. The first kappa shape index (κ1) is 20.6. The van der Waals surface area contributed by atoms with Gasteiger partial charge in [-0.3, -0.25) is 4.90 Å². The molecule has 2 aromatic carbocycles. The van der Waals surface area contributed by atoms with Crippen LogP contribution in [-0.4, -0.2) is 59.9 Å². The summed E-state index contributed by atoms with van der Waals surface area (Å²) in [6.45, 7) is 3.12. The number of hydrogen-bond acceptors (Lipinski definition) is 4. The van der Waals surface area contributed by atoms with Crippen molar-refractivity contribution in [2.75, 3.05) is 32.7 Å². The number of hydrogen-bond donors (Lipinski definition) is 0. The molecule has 0 atom stereocenters. The summed E-state index contributed by atoms with van der Waals surface area (Å²) < 4.78 is 55.7. The van der Waals surface area contributed by atoms with Gasteiger partial charge in [-0.15, -0.1) is 0 Å². The summed E-state index contributed by atoms with van der Waals surface area (Å²) >= 11 is 0. The van der Waals surface area contributed by atoms with Crippen LogP contribution in [0.2, 0.25) is 0 Å². The molecule has 1 aliphatic rings. The molecule has 0 spiro atoms. The minimum Gasteiger partial charge on any atom is -0.330 e. The fraction of sp³-hybridized carbons (Fsp3) is 0.286. The first-order valence-electron chi connectivity index (χ1n) is 9.69. The molecule has 3 aromatic rings. The minimum absolute atomic E-state index is 0.274. The zero-order valence-electron chi connectivity index (χ0n) is 16.3. The Bertz CT molecular complexity index is 1090. The topological polar surface area (TPSA) is 58.4 Å². The Balaban J connectivity index is 1.36. The third-order valence-electron chi connectivity index (χ3n) is 5.21. The first-order valence-corrected chi connectivity index (χ1v) is 11.1. The largest absolute Gasteiger partial charge is 0.330 e. The predicted octanol–water partition coefficient (Wildman–Crippen LogP) is 2.83. The highest BCUT2D eigenvalue weighted by molar-refractivity contribution is 7.89. The van der Waals surface area contributed by atoms with Crippen molar-refractivity contribution in [3.05, 3.63) is 72.6 Å². The average molecular weight is 432 g/mol. The molecule has 0 aliphatic carbocycles. The van der Waals surface area contributed by atoms with Crippen LogP contribution in [-0.2, 0) is 16.6 Å². The van der Waals surface area contributed by atoms with Gasteiger partial charge in [-0.25, -0.2) is 22.2 Å². The third-order valence-corrected chi connectivity index (χ3v) is 7.09. The highest BCUT2D eigenvalue weighted by Crippen LogP contribution is 2.21. The Kier molecular flexibility index (Phi) is 5.94. The number of aromatic nitrogens is 2. The molecule has 0 radical (unpaired) electrons. The van der Waals surface area contributed by atoms with Crippen molar-refractivity contribution < 1.29 is 17.2 Å². The maximum atomic E-state index is 13.4. The van der Waals surface area contributed by atoms with Crippen LogP contribution in [0.3, 0.4) is 0 Å². The van der Waals surface area contributed by atoms with Crippen LogP contribution in [0.1, 0.15) is 0 Å². The second kappa shape index (κ2) is 8.63. The van der Waals surface area contributed by atoms with E-state index in [1.54, 1.807) is 6.20 Å². The number of piperazine rings is 1. The Labute approximate surface area is 174 Å². The van der Waals surface area contributed by atoms with E-state index in [0.29, 0.717) is 19.2 Å². The van der Waals surface area contributed by atoms with Crippen LogP contribution in [0.4, 0.5) is 8.78 Å². The van der Waals surface area contributed by atoms with Gasteiger partial charge in [0.2, 0.25) is 10.0 Å². The number of benzene rings is 2. The monoisotopic (exact) mass is 432 g/mol. The van der Waals surface area contributed by atoms with Crippen molar-refractivity contribution in [1.29, 1.82) is 0 Å². The fourth-order valence-corrected chi connectivity index (χ4v) is 5.07. The van der Waals surface area contributed by atoms with E-state index >= 15 is 0 Å². The molecule has 9 heteroatoms. The molecule has 2 heterocycles. The molecule has 1 aromatic heterocycles. The molecular formula is C21H22F2N4O2S. The lowest BCUT2D eigenvalue weighted by atomic mass is 10.2. The second-order valence-corrected chi connectivity index (χ2v) is 9.10. The number of nitrogens with zero attached hydrogens (tertiary/aromatic N) is 4. The van der Waals surface area contributed by atoms with E-state index < -0.39 is 21.7 Å². The Morgan fingerprint density at radius 3 is 2.23 bits per heavy atom. The summed E-state index contributed by atoms with van der Waals surface area (Å²) in [4.78, 5) is 6.26. The van der Waals surface area contributed by atoms with Gasteiger partial charge in [0.1, 0.15) is 17.5 Å². The van der Waals surface area contributed by atoms with Gasteiger partial charge in [0.05, 0.1) is 4.90 Å². The highest BCUT2D eigenvalue weighted by atomic mass is 32.2. The van der Waals surface area contributed by atoms with Crippen LogP contribution in [0.25, 0.3) is 11.4 Å². The standard InChI is InChI=1S/C21H22F2N4O2S/c22-18-14-19(23)16-20(15-18)30(28,29)27-12-9-25(10-13-27)8-11-26-7-6-24-21(26)17-4-2-1-3-5-17/h1-7,14-16H,8-13H2. The van der Waals surface area contributed by atoms with Gasteiger partial charge < -0.3 is 4.57 Å². The molecule has 0 unspecified atom stereocenters. The van der Waals surface area contributed by atoms with Crippen molar-refractivity contribution in [3.8, 4) is 11.4 Å². The summed E-state index contributed by atoms with van der Waals surface area (Å²) in [7, 11) is -3.92. The molecule has 30 heavy (non-hydrogen) atoms. The van der Waals surface area contributed by atoms with Crippen molar-refractivity contribution >= 4 is 10.0 Å². The van der Waals surface area contributed by atoms with Crippen molar-refractivity contribution in [1.82, 2.24) is 18.8 Å². The van der Waals surface area contributed by atoms with Crippen LogP contribution in [0, 0.1) is 11.6 Å². The van der Waals surface area contributed by atoms with E-state index in [4.69, 9.17) is 0 Å². The lowest BCUT2D eigenvalue weighted by molar-refractivity contribution is 0.183. The van der Waals surface area contributed by atoms with E-state index in [1.165, 1.54) is 4.31 Å². The predicted molar refractivity (Wildman–Crippen MR) is 109 cm³/mol. The highest BCUT2D eigenvalue weighted by Gasteiger charge is 2.29. The van der Waals surface area contributed by atoms with Gasteiger partial charge in [-0.05, 0) is 12.1 Å². The molecule has 0 N–H and O–H groups in total. The van der Waals surface area contributed by atoms with Crippen molar-refractivity contribution in [2.45, 2.75) is 11.4 Å². The van der Waals surface area contributed by atoms with Crippen molar-refractivity contribution in [3.63, 3.8) is 0 Å². The zero-order chi connectivity index (χ0) is 21.1. The van der Waals surface area contributed by atoms with Crippen LogP contribution in [0.5, 0.6) is 0 Å². The summed E-state index contributed by atoms with van der Waals surface area (Å²) in [5.74, 6) is -0.909. The summed E-state index contributed by atoms with van der Waals surface area (Å²) in [5, 5.41) is 0. The van der Waals surface area contributed by atoms with E-state index in [2.05, 4.69) is 14.5 Å². The van der Waals surface area contributed by atoms with Crippen molar-refractivity contribution in [2.24, 2.45) is 0 Å². The molecule has 0 bridgehead atoms. The third kappa shape index (κ3) is 4.43. The zero-order valence-corrected chi connectivity index (χ0v) is 17.1. The second-order valence-electron chi connectivity index (χ2n) is 7.16. The molecule has 0 amide bonds. The maximum absolute atomic E-state index is 13.4. The molecule has 1 fully saturated rings. The van der Waals surface area contributed by atoms with E-state index in [1.807, 2.05) is 36.5 Å². The Morgan fingerprint density at radius 1 is 0.900 bits per heavy atom. The fourth-order valence-electron chi connectivity index (χ4n) is 3.61. The quantitative estimate of drug-likeness (QED) is 0.601. The number of rotatable bonds is 6. The van der Waals surface area contributed by atoms with Crippen LogP contribution >= 0.6 is 0 Å².